The lowest BCUT2D eigenvalue weighted by Gasteiger charge is -2.22. The third-order valence-corrected chi connectivity index (χ3v) is 6.05. The Balaban J connectivity index is 2.28. The highest BCUT2D eigenvalue weighted by Gasteiger charge is 2.27. The topological polar surface area (TPSA) is 37.8 Å². The molecule has 0 spiro atoms. The predicted octanol–water partition coefficient (Wildman–Crippen LogP) is 4.94. The number of aromatic nitrogens is 2. The monoisotopic (exact) mass is 387 g/mol. The van der Waals surface area contributed by atoms with Crippen LogP contribution in [0.15, 0.2) is 15.9 Å². The van der Waals surface area contributed by atoms with Crippen molar-refractivity contribution in [2.75, 3.05) is 6.54 Å². The molecule has 0 saturated heterocycles. The lowest BCUT2D eigenvalue weighted by molar-refractivity contribution is 0.506. The van der Waals surface area contributed by atoms with Gasteiger partial charge in [0.25, 0.3) is 0 Å². The second-order valence-corrected chi connectivity index (χ2v) is 8.78. The average molecular weight is 388 g/mol. The van der Waals surface area contributed by atoms with Crippen LogP contribution in [0.25, 0.3) is 0 Å². The van der Waals surface area contributed by atoms with Gasteiger partial charge in [0, 0.05) is 27.2 Å². The van der Waals surface area contributed by atoms with E-state index in [4.69, 9.17) is 0 Å². The molecule has 0 radical (unpaired) electrons. The Morgan fingerprint density at radius 3 is 2.71 bits per heavy atom. The van der Waals surface area contributed by atoms with Gasteiger partial charge in [-0.1, -0.05) is 32.2 Å². The summed E-state index contributed by atoms with van der Waals surface area (Å²) in [5.41, 5.74) is 1.15. The zero-order valence-electron chi connectivity index (χ0n) is 12.9. The lowest BCUT2D eigenvalue weighted by atomic mass is 9.89. The fraction of sp³-hybridized carbons (Fsp3) is 0.600. The van der Waals surface area contributed by atoms with Crippen molar-refractivity contribution >= 4 is 38.8 Å². The minimum Gasteiger partial charge on any atom is -0.309 e. The van der Waals surface area contributed by atoms with E-state index in [9.17, 15) is 0 Å². The quantitative estimate of drug-likeness (QED) is 0.762. The van der Waals surface area contributed by atoms with Crippen LogP contribution < -0.4 is 5.32 Å². The Labute approximate surface area is 143 Å². The third-order valence-electron chi connectivity index (χ3n) is 3.26. The largest absolute Gasteiger partial charge is 0.309 e. The molecule has 0 aliphatic carbocycles. The normalized spacial score (nSPS) is 13.6. The molecule has 0 aromatic carbocycles. The summed E-state index contributed by atoms with van der Waals surface area (Å²) in [6.45, 7) is 9.80. The van der Waals surface area contributed by atoms with E-state index in [0.29, 0.717) is 0 Å². The van der Waals surface area contributed by atoms with Gasteiger partial charge in [-0.25, -0.2) is 0 Å². The van der Waals surface area contributed by atoms with Crippen molar-refractivity contribution < 1.29 is 0 Å². The van der Waals surface area contributed by atoms with Gasteiger partial charge in [-0.2, -0.15) is 0 Å². The number of nitrogens with zero attached hydrogens (tertiary/aromatic N) is 2. The molecule has 6 heteroatoms. The molecule has 1 N–H and O–H groups in total. The summed E-state index contributed by atoms with van der Waals surface area (Å²) in [7, 11) is 0. The molecule has 116 valence electrons. The SMILES string of the molecule is CCCNC(Cc1sccc1Br)c1snnc1C(C)(C)C. The second-order valence-electron chi connectivity index (χ2n) is 6.14. The van der Waals surface area contributed by atoms with Gasteiger partial charge in [-0.3, -0.25) is 0 Å². The van der Waals surface area contributed by atoms with Gasteiger partial charge in [0.15, 0.2) is 0 Å². The first-order valence-corrected chi connectivity index (χ1v) is 9.66. The van der Waals surface area contributed by atoms with Gasteiger partial charge in [0.1, 0.15) is 0 Å². The molecule has 0 aliphatic rings. The van der Waals surface area contributed by atoms with Crippen molar-refractivity contribution in [2.24, 2.45) is 0 Å². The van der Waals surface area contributed by atoms with Crippen LogP contribution in [0.1, 0.15) is 55.6 Å². The Bertz CT molecular complexity index is 571. The highest BCUT2D eigenvalue weighted by molar-refractivity contribution is 9.10. The van der Waals surface area contributed by atoms with Gasteiger partial charge >= 0.3 is 0 Å². The second kappa shape index (κ2) is 7.31. The van der Waals surface area contributed by atoms with Crippen LogP contribution >= 0.6 is 38.8 Å². The van der Waals surface area contributed by atoms with Crippen LogP contribution in [0, 0.1) is 0 Å². The number of halogens is 1. The Kier molecular flexibility index (Phi) is 5.94. The molecule has 2 rings (SSSR count). The first kappa shape index (κ1) is 17.1. The molecule has 0 saturated carbocycles. The standard InChI is InChI=1S/C15H22BrN3S2/c1-5-7-17-11(9-12-10(16)6-8-20-12)13-14(15(2,3)4)18-19-21-13/h6,8,11,17H,5,7,9H2,1-4H3. The molecule has 2 heterocycles. The van der Waals surface area contributed by atoms with Crippen molar-refractivity contribution in [1.82, 2.24) is 14.9 Å². The number of hydrogen-bond acceptors (Lipinski definition) is 5. The molecule has 2 aromatic heterocycles. The molecule has 0 amide bonds. The van der Waals surface area contributed by atoms with Gasteiger partial charge in [-0.05, 0) is 51.9 Å². The van der Waals surface area contributed by atoms with Crippen LogP contribution in [0.3, 0.4) is 0 Å². The van der Waals surface area contributed by atoms with E-state index >= 15 is 0 Å². The maximum absolute atomic E-state index is 4.39. The van der Waals surface area contributed by atoms with Crippen LogP contribution in [-0.2, 0) is 11.8 Å². The first-order chi connectivity index (χ1) is 9.93. The van der Waals surface area contributed by atoms with Crippen molar-refractivity contribution in [1.29, 1.82) is 0 Å². The van der Waals surface area contributed by atoms with Crippen LogP contribution in [-0.4, -0.2) is 16.1 Å². The molecule has 2 aromatic rings. The van der Waals surface area contributed by atoms with E-state index in [0.717, 1.165) is 25.1 Å². The van der Waals surface area contributed by atoms with Crippen molar-refractivity contribution in [3.05, 3.63) is 31.4 Å². The van der Waals surface area contributed by atoms with Gasteiger partial charge < -0.3 is 5.32 Å². The molecule has 0 bridgehead atoms. The number of hydrogen-bond donors (Lipinski definition) is 1. The molecule has 1 atom stereocenters. The van der Waals surface area contributed by atoms with Gasteiger partial charge in [0.05, 0.1) is 10.6 Å². The highest BCUT2D eigenvalue weighted by atomic mass is 79.9. The summed E-state index contributed by atoms with van der Waals surface area (Å²) in [6, 6.07) is 2.40. The van der Waals surface area contributed by atoms with E-state index in [2.05, 4.69) is 70.0 Å². The van der Waals surface area contributed by atoms with Crippen LogP contribution in [0.2, 0.25) is 0 Å². The first-order valence-electron chi connectivity index (χ1n) is 7.21. The third kappa shape index (κ3) is 4.34. The summed E-state index contributed by atoms with van der Waals surface area (Å²) in [5, 5.41) is 10.2. The zero-order chi connectivity index (χ0) is 15.5. The molecular weight excluding hydrogens is 366 g/mol. The fourth-order valence-corrected chi connectivity index (χ4v) is 4.68. The summed E-state index contributed by atoms with van der Waals surface area (Å²) >= 11 is 6.97. The van der Waals surface area contributed by atoms with Crippen molar-refractivity contribution in [3.8, 4) is 0 Å². The zero-order valence-corrected chi connectivity index (χ0v) is 16.2. The van der Waals surface area contributed by atoms with E-state index < -0.39 is 0 Å². The van der Waals surface area contributed by atoms with E-state index in [-0.39, 0.29) is 11.5 Å². The van der Waals surface area contributed by atoms with Gasteiger partial charge in [-0.15, -0.1) is 16.4 Å². The van der Waals surface area contributed by atoms with Crippen molar-refractivity contribution in [2.45, 2.75) is 52.0 Å². The molecule has 3 nitrogen and oxygen atoms in total. The lowest BCUT2D eigenvalue weighted by Crippen LogP contribution is -2.26. The average Bonchev–Trinajstić information content (AvgIpc) is 3.03. The summed E-state index contributed by atoms with van der Waals surface area (Å²) in [5.74, 6) is 0. The number of thiophene rings is 1. The molecule has 1 unspecified atom stereocenters. The molecule has 0 aliphatic heterocycles. The van der Waals surface area contributed by atoms with E-state index in [1.165, 1.54) is 25.8 Å². The highest BCUT2D eigenvalue weighted by Crippen LogP contribution is 2.34. The predicted molar refractivity (Wildman–Crippen MR) is 95.4 cm³/mol. The summed E-state index contributed by atoms with van der Waals surface area (Å²) in [6.07, 6.45) is 2.10. The maximum atomic E-state index is 4.39. The maximum Gasteiger partial charge on any atom is 0.0857 e. The van der Waals surface area contributed by atoms with Gasteiger partial charge in [0.2, 0.25) is 0 Å². The van der Waals surface area contributed by atoms with E-state index in [1.807, 2.05) is 0 Å². The Hall–Kier alpha value is -0.300. The number of rotatable bonds is 6. The summed E-state index contributed by atoms with van der Waals surface area (Å²) < 4.78 is 5.41. The Morgan fingerprint density at radius 2 is 2.14 bits per heavy atom. The Morgan fingerprint density at radius 1 is 1.38 bits per heavy atom. The molecule has 0 fully saturated rings. The van der Waals surface area contributed by atoms with E-state index in [1.54, 1.807) is 11.3 Å². The minimum atomic E-state index is 0.0289. The minimum absolute atomic E-state index is 0.0289. The van der Waals surface area contributed by atoms with Crippen molar-refractivity contribution in [3.63, 3.8) is 0 Å². The van der Waals surface area contributed by atoms with Crippen LogP contribution in [0.5, 0.6) is 0 Å². The van der Waals surface area contributed by atoms with Crippen LogP contribution in [0.4, 0.5) is 0 Å². The molecular formula is C15H22BrN3S2. The fourth-order valence-electron chi connectivity index (χ4n) is 2.18. The number of nitrogens with one attached hydrogen (secondary N) is 1. The smallest absolute Gasteiger partial charge is 0.0857 e. The molecule has 21 heavy (non-hydrogen) atoms. The summed E-state index contributed by atoms with van der Waals surface area (Å²) in [4.78, 5) is 2.65.